The first-order valence-electron chi connectivity index (χ1n) is 6.60. The first-order chi connectivity index (χ1) is 7.68. The van der Waals surface area contributed by atoms with Crippen molar-refractivity contribution in [2.24, 2.45) is 0 Å². The second-order valence-corrected chi connectivity index (χ2v) is 5.76. The van der Waals surface area contributed by atoms with Crippen LogP contribution in [0.2, 0.25) is 0 Å². The average Bonchev–Trinajstić information content (AvgIpc) is 2.26. The molecule has 0 aliphatic rings. The molecule has 0 bridgehead atoms. The van der Waals surface area contributed by atoms with Gasteiger partial charge in [0.2, 0.25) is 5.91 Å². The summed E-state index contributed by atoms with van der Waals surface area (Å²) in [6.07, 6.45) is 10.5. The third-order valence-corrected chi connectivity index (χ3v) is 3.11. The van der Waals surface area contributed by atoms with Gasteiger partial charge >= 0.3 is 0 Å². The lowest BCUT2D eigenvalue weighted by molar-refractivity contribution is -0.120. The summed E-state index contributed by atoms with van der Waals surface area (Å²) in [5, 5.41) is 2.91. The van der Waals surface area contributed by atoms with Crippen molar-refractivity contribution in [3.05, 3.63) is 0 Å². The Morgan fingerprint density at radius 3 is 2.06 bits per heavy atom. The van der Waals surface area contributed by atoms with Gasteiger partial charge in [0.15, 0.2) is 0 Å². The molecule has 0 heterocycles. The lowest BCUT2D eigenvalue weighted by Gasteiger charge is -2.06. The summed E-state index contributed by atoms with van der Waals surface area (Å²) in [6, 6.07) is 0. The van der Waals surface area contributed by atoms with Crippen LogP contribution < -0.4 is 5.32 Å². The maximum atomic E-state index is 11.2. The van der Waals surface area contributed by atoms with Crippen LogP contribution in [0.1, 0.15) is 65.2 Å². The molecule has 0 aromatic heterocycles. The molecule has 1 amide bonds. The standard InChI is InChI=1S/C13H26BrNO/c1-3-4-5-6-7-8-9-10-11-15-13(16)12(2)14/h12H,3-11H2,1-2H3,(H,15,16). The number of halogens is 1. The molecule has 0 radical (unpaired) electrons. The Labute approximate surface area is 109 Å². The van der Waals surface area contributed by atoms with Crippen molar-refractivity contribution in [2.45, 2.75) is 70.0 Å². The predicted octanol–water partition coefficient (Wildman–Crippen LogP) is 4.03. The van der Waals surface area contributed by atoms with Gasteiger partial charge in [-0.3, -0.25) is 4.79 Å². The minimum Gasteiger partial charge on any atom is -0.355 e. The third-order valence-electron chi connectivity index (χ3n) is 2.69. The van der Waals surface area contributed by atoms with E-state index in [9.17, 15) is 4.79 Å². The molecular formula is C13H26BrNO. The summed E-state index contributed by atoms with van der Waals surface area (Å²) in [7, 11) is 0. The number of nitrogens with one attached hydrogen (secondary N) is 1. The van der Waals surface area contributed by atoms with Crippen LogP contribution in [-0.2, 0) is 4.79 Å². The van der Waals surface area contributed by atoms with Crippen LogP contribution in [0.3, 0.4) is 0 Å². The molecule has 0 aromatic rings. The fraction of sp³-hybridized carbons (Fsp3) is 0.923. The molecule has 96 valence electrons. The highest BCUT2D eigenvalue weighted by Gasteiger charge is 2.06. The Hall–Kier alpha value is -0.0500. The first kappa shape index (κ1) is 16.0. The van der Waals surface area contributed by atoms with E-state index < -0.39 is 0 Å². The zero-order valence-electron chi connectivity index (χ0n) is 10.7. The zero-order valence-corrected chi connectivity index (χ0v) is 12.3. The van der Waals surface area contributed by atoms with Gasteiger partial charge in [-0.1, -0.05) is 67.8 Å². The summed E-state index contributed by atoms with van der Waals surface area (Å²) in [6.45, 7) is 4.92. The SMILES string of the molecule is CCCCCCCCCCNC(=O)C(C)Br. The van der Waals surface area contributed by atoms with Gasteiger partial charge in [0.25, 0.3) is 0 Å². The largest absolute Gasteiger partial charge is 0.355 e. The minimum atomic E-state index is -0.0680. The Balaban J connectivity index is 3.07. The van der Waals surface area contributed by atoms with Gasteiger partial charge in [-0.25, -0.2) is 0 Å². The highest BCUT2D eigenvalue weighted by atomic mass is 79.9. The van der Waals surface area contributed by atoms with Gasteiger partial charge < -0.3 is 5.32 Å². The van der Waals surface area contributed by atoms with Crippen molar-refractivity contribution in [1.82, 2.24) is 5.32 Å². The Kier molecular flexibility index (Phi) is 11.4. The molecule has 0 aromatic carbocycles. The van der Waals surface area contributed by atoms with Crippen LogP contribution in [0, 0.1) is 0 Å². The molecule has 1 atom stereocenters. The maximum absolute atomic E-state index is 11.2. The van der Waals surface area contributed by atoms with Crippen LogP contribution in [0.5, 0.6) is 0 Å². The topological polar surface area (TPSA) is 29.1 Å². The van der Waals surface area contributed by atoms with Crippen LogP contribution in [0.25, 0.3) is 0 Å². The molecule has 3 heteroatoms. The van der Waals surface area contributed by atoms with Gasteiger partial charge in [-0.15, -0.1) is 0 Å². The summed E-state index contributed by atoms with van der Waals surface area (Å²) < 4.78 is 0. The highest BCUT2D eigenvalue weighted by Crippen LogP contribution is 2.07. The molecule has 0 fully saturated rings. The normalized spacial score (nSPS) is 12.4. The van der Waals surface area contributed by atoms with Crippen LogP contribution in [0.4, 0.5) is 0 Å². The average molecular weight is 292 g/mol. The van der Waals surface area contributed by atoms with E-state index in [0.717, 1.165) is 13.0 Å². The van der Waals surface area contributed by atoms with Crippen molar-refractivity contribution < 1.29 is 4.79 Å². The highest BCUT2D eigenvalue weighted by molar-refractivity contribution is 9.10. The second kappa shape index (κ2) is 11.4. The van der Waals surface area contributed by atoms with Gasteiger partial charge in [0.1, 0.15) is 0 Å². The summed E-state index contributed by atoms with van der Waals surface area (Å²) >= 11 is 3.25. The van der Waals surface area contributed by atoms with E-state index in [2.05, 4.69) is 28.2 Å². The Morgan fingerprint density at radius 1 is 1.06 bits per heavy atom. The van der Waals surface area contributed by atoms with E-state index in [1.54, 1.807) is 0 Å². The van der Waals surface area contributed by atoms with Crippen LogP contribution in [0.15, 0.2) is 0 Å². The molecule has 0 saturated carbocycles. The number of unbranched alkanes of at least 4 members (excludes halogenated alkanes) is 7. The molecule has 1 unspecified atom stereocenters. The molecule has 0 aliphatic carbocycles. The van der Waals surface area contributed by atoms with Crippen LogP contribution in [-0.4, -0.2) is 17.3 Å². The zero-order chi connectivity index (χ0) is 12.2. The van der Waals surface area contributed by atoms with E-state index >= 15 is 0 Å². The number of carbonyl (C=O) groups excluding carboxylic acids is 1. The van der Waals surface area contributed by atoms with Gasteiger partial charge in [0.05, 0.1) is 4.83 Å². The Morgan fingerprint density at radius 2 is 1.56 bits per heavy atom. The van der Waals surface area contributed by atoms with E-state index in [1.807, 2.05) is 6.92 Å². The van der Waals surface area contributed by atoms with Crippen molar-refractivity contribution >= 4 is 21.8 Å². The number of rotatable bonds is 10. The van der Waals surface area contributed by atoms with Crippen LogP contribution >= 0.6 is 15.9 Å². The quantitative estimate of drug-likeness (QED) is 0.478. The molecule has 16 heavy (non-hydrogen) atoms. The fourth-order valence-corrected chi connectivity index (χ4v) is 1.77. The number of amides is 1. The maximum Gasteiger partial charge on any atom is 0.233 e. The molecule has 2 nitrogen and oxygen atoms in total. The monoisotopic (exact) mass is 291 g/mol. The van der Waals surface area contributed by atoms with E-state index in [1.165, 1.54) is 44.9 Å². The molecule has 0 aliphatic heterocycles. The summed E-state index contributed by atoms with van der Waals surface area (Å²) in [5.74, 6) is 0.0999. The van der Waals surface area contributed by atoms with Gasteiger partial charge in [-0.05, 0) is 13.3 Å². The second-order valence-electron chi connectivity index (χ2n) is 4.38. The lowest BCUT2D eigenvalue weighted by atomic mass is 10.1. The number of alkyl halides is 1. The van der Waals surface area contributed by atoms with Gasteiger partial charge in [0, 0.05) is 6.54 Å². The van der Waals surface area contributed by atoms with Crippen molar-refractivity contribution in [2.75, 3.05) is 6.54 Å². The van der Waals surface area contributed by atoms with Gasteiger partial charge in [-0.2, -0.15) is 0 Å². The number of hydrogen-bond acceptors (Lipinski definition) is 1. The predicted molar refractivity (Wildman–Crippen MR) is 74.0 cm³/mol. The molecule has 0 rings (SSSR count). The molecule has 1 N–H and O–H groups in total. The van der Waals surface area contributed by atoms with Crippen molar-refractivity contribution in [3.8, 4) is 0 Å². The minimum absolute atomic E-state index is 0.0680. The molecule has 0 spiro atoms. The smallest absolute Gasteiger partial charge is 0.233 e. The van der Waals surface area contributed by atoms with E-state index in [0.29, 0.717) is 0 Å². The Bertz CT molecular complexity index is 171. The van der Waals surface area contributed by atoms with Crippen molar-refractivity contribution in [1.29, 1.82) is 0 Å². The van der Waals surface area contributed by atoms with Crippen molar-refractivity contribution in [3.63, 3.8) is 0 Å². The summed E-state index contributed by atoms with van der Waals surface area (Å²) in [4.78, 5) is 11.1. The molecule has 0 saturated heterocycles. The third kappa shape index (κ3) is 10.5. The van der Waals surface area contributed by atoms with E-state index in [-0.39, 0.29) is 10.7 Å². The molecular weight excluding hydrogens is 266 g/mol. The fourth-order valence-electron chi connectivity index (χ4n) is 1.61. The summed E-state index contributed by atoms with van der Waals surface area (Å²) in [5.41, 5.74) is 0. The lowest BCUT2D eigenvalue weighted by Crippen LogP contribution is -2.30. The number of hydrogen-bond donors (Lipinski definition) is 1. The van der Waals surface area contributed by atoms with E-state index in [4.69, 9.17) is 0 Å². The first-order valence-corrected chi connectivity index (χ1v) is 7.51. The number of carbonyl (C=O) groups is 1.